The molecule has 2 aromatic heterocycles. The number of likely N-dealkylation sites (tertiary alicyclic amines) is 2. The summed E-state index contributed by atoms with van der Waals surface area (Å²) in [6.45, 7) is 2.64. The molecule has 2 aromatic carbocycles. The highest BCUT2D eigenvalue weighted by atomic mass is 35.5. The molecule has 2 amide bonds. The Morgan fingerprint density at radius 1 is 0.871 bits per heavy atom. The number of nitrogens with zero attached hydrogens (tertiary/aromatic N) is 4. The van der Waals surface area contributed by atoms with Crippen molar-refractivity contribution in [1.29, 1.82) is 0 Å². The quantitative estimate of drug-likeness (QED) is 0.506. The molecule has 0 spiro atoms. The van der Waals surface area contributed by atoms with Crippen LogP contribution in [0.1, 0.15) is 20.8 Å². The molecule has 0 aliphatic carbocycles. The Labute approximate surface area is 182 Å². The largest absolute Gasteiger partial charge is 0.350 e. The first-order valence-corrected chi connectivity index (χ1v) is 10.6. The molecule has 0 radical (unpaired) electrons. The summed E-state index contributed by atoms with van der Waals surface area (Å²) in [5.41, 5.74) is 3.47. The molecule has 2 N–H and O–H groups in total. The van der Waals surface area contributed by atoms with Crippen molar-refractivity contribution in [1.82, 2.24) is 30.2 Å². The van der Waals surface area contributed by atoms with Gasteiger partial charge < -0.3 is 14.8 Å². The smallest absolute Gasteiger partial charge is 0.270 e. The Morgan fingerprint density at radius 2 is 1.58 bits per heavy atom. The van der Waals surface area contributed by atoms with E-state index in [4.69, 9.17) is 11.6 Å². The second-order valence-electron chi connectivity index (χ2n) is 8.38. The fraction of sp³-hybridized carbons (Fsp3) is 0.273. The normalized spacial score (nSPS) is 20.7. The molecule has 31 heavy (non-hydrogen) atoms. The minimum atomic E-state index is -0.00363. The van der Waals surface area contributed by atoms with E-state index < -0.39 is 0 Å². The molecule has 2 fully saturated rings. The molecular weight excluding hydrogens is 416 g/mol. The van der Waals surface area contributed by atoms with E-state index in [-0.39, 0.29) is 11.8 Å². The third-order valence-corrected chi connectivity index (χ3v) is 6.67. The highest BCUT2D eigenvalue weighted by Gasteiger charge is 2.43. The molecule has 2 atom stereocenters. The fourth-order valence-corrected chi connectivity index (χ4v) is 5.04. The first-order valence-electron chi connectivity index (χ1n) is 10.2. The van der Waals surface area contributed by atoms with Crippen molar-refractivity contribution in [3.8, 4) is 0 Å². The summed E-state index contributed by atoms with van der Waals surface area (Å²) in [6, 6.07) is 12.8. The third kappa shape index (κ3) is 3.06. The van der Waals surface area contributed by atoms with Gasteiger partial charge in [-0.3, -0.25) is 9.59 Å². The highest BCUT2D eigenvalue weighted by molar-refractivity contribution is 6.31. The van der Waals surface area contributed by atoms with Gasteiger partial charge in [0.2, 0.25) is 0 Å². The molecule has 8 nitrogen and oxygen atoms in total. The van der Waals surface area contributed by atoms with Crippen LogP contribution in [0.5, 0.6) is 0 Å². The summed E-state index contributed by atoms with van der Waals surface area (Å²) in [6.07, 6.45) is 0. The summed E-state index contributed by atoms with van der Waals surface area (Å²) < 4.78 is 0. The van der Waals surface area contributed by atoms with Gasteiger partial charge >= 0.3 is 0 Å². The number of aromatic amines is 2. The summed E-state index contributed by atoms with van der Waals surface area (Å²) in [5, 5.41) is 12.3. The fourth-order valence-electron chi connectivity index (χ4n) is 4.87. The van der Waals surface area contributed by atoms with Crippen LogP contribution in [0.15, 0.2) is 42.5 Å². The Bertz CT molecular complexity index is 1330. The maximum atomic E-state index is 13.0. The molecule has 2 saturated heterocycles. The monoisotopic (exact) mass is 434 g/mol. The maximum Gasteiger partial charge on any atom is 0.270 e. The molecule has 2 unspecified atom stereocenters. The number of aromatic nitrogens is 4. The third-order valence-electron chi connectivity index (χ3n) is 6.44. The van der Waals surface area contributed by atoms with Crippen LogP contribution in [-0.2, 0) is 0 Å². The second-order valence-corrected chi connectivity index (χ2v) is 8.82. The van der Waals surface area contributed by atoms with Crippen molar-refractivity contribution in [3.05, 3.63) is 58.7 Å². The molecule has 2 aliphatic heterocycles. The predicted molar refractivity (Wildman–Crippen MR) is 116 cm³/mol. The van der Waals surface area contributed by atoms with Gasteiger partial charge in [-0.2, -0.15) is 15.4 Å². The Morgan fingerprint density at radius 3 is 2.35 bits per heavy atom. The van der Waals surface area contributed by atoms with E-state index in [1.807, 2.05) is 34.1 Å². The zero-order valence-corrected chi connectivity index (χ0v) is 17.3. The number of rotatable bonds is 2. The van der Waals surface area contributed by atoms with E-state index in [2.05, 4.69) is 20.4 Å². The molecule has 6 rings (SSSR count). The summed E-state index contributed by atoms with van der Waals surface area (Å²) in [5.74, 6) is 0.589. The second kappa shape index (κ2) is 6.81. The average molecular weight is 435 g/mol. The van der Waals surface area contributed by atoms with Gasteiger partial charge in [0.1, 0.15) is 16.7 Å². The van der Waals surface area contributed by atoms with E-state index in [0.717, 1.165) is 16.4 Å². The van der Waals surface area contributed by atoms with Crippen LogP contribution in [0.25, 0.3) is 21.9 Å². The lowest BCUT2D eigenvalue weighted by molar-refractivity contribution is 0.0736. The van der Waals surface area contributed by atoms with Crippen LogP contribution >= 0.6 is 11.6 Å². The van der Waals surface area contributed by atoms with Crippen molar-refractivity contribution in [2.24, 2.45) is 11.8 Å². The topological polar surface area (TPSA) is 98.0 Å². The standard InChI is InChI=1S/C22H19ClN6O2/c23-16-3-1-12-5-20(24-18(12)7-16)22(31)29-10-14-8-28(9-15(14)11-29)21(30)13-2-4-17-19(6-13)26-27-25-17/h1-7,14-15,24H,8-11H2,(H,25,26,27). The number of fused-ring (bicyclic) bond motifs is 3. The molecule has 0 saturated carbocycles. The average Bonchev–Trinajstić information content (AvgIpc) is 3.53. The predicted octanol–water partition coefficient (Wildman–Crippen LogP) is 2.94. The number of hydrogen-bond donors (Lipinski definition) is 2. The summed E-state index contributed by atoms with van der Waals surface area (Å²) in [7, 11) is 0. The molecule has 9 heteroatoms. The van der Waals surface area contributed by atoms with E-state index in [1.54, 1.807) is 18.2 Å². The minimum absolute atomic E-state index is 0.00363. The van der Waals surface area contributed by atoms with E-state index in [9.17, 15) is 9.59 Å². The molecule has 4 aromatic rings. The lowest BCUT2D eigenvalue weighted by Gasteiger charge is -2.21. The Kier molecular flexibility index (Phi) is 4.04. The van der Waals surface area contributed by atoms with E-state index in [0.29, 0.717) is 59.8 Å². The lowest BCUT2D eigenvalue weighted by Crippen LogP contribution is -2.35. The molecule has 0 bridgehead atoms. The number of hydrogen-bond acceptors (Lipinski definition) is 4. The first-order chi connectivity index (χ1) is 15.0. The molecule has 156 valence electrons. The number of carbonyl (C=O) groups excluding carboxylic acids is 2. The maximum absolute atomic E-state index is 13.0. The zero-order valence-electron chi connectivity index (χ0n) is 16.5. The van der Waals surface area contributed by atoms with Crippen molar-refractivity contribution < 1.29 is 9.59 Å². The minimum Gasteiger partial charge on any atom is -0.350 e. The number of halogens is 1. The van der Waals surface area contributed by atoms with Crippen LogP contribution in [0.4, 0.5) is 0 Å². The number of H-pyrrole nitrogens is 2. The van der Waals surface area contributed by atoms with Gasteiger partial charge in [0.05, 0.1) is 0 Å². The first kappa shape index (κ1) is 18.4. The van der Waals surface area contributed by atoms with Crippen LogP contribution < -0.4 is 0 Å². The van der Waals surface area contributed by atoms with Crippen molar-refractivity contribution in [2.45, 2.75) is 0 Å². The van der Waals surface area contributed by atoms with Crippen molar-refractivity contribution in [3.63, 3.8) is 0 Å². The van der Waals surface area contributed by atoms with E-state index in [1.165, 1.54) is 0 Å². The van der Waals surface area contributed by atoms with Gasteiger partial charge in [0, 0.05) is 59.5 Å². The number of amides is 2. The summed E-state index contributed by atoms with van der Waals surface area (Å²) >= 11 is 6.05. The van der Waals surface area contributed by atoms with Crippen LogP contribution in [0.3, 0.4) is 0 Å². The van der Waals surface area contributed by atoms with Gasteiger partial charge in [0.25, 0.3) is 11.8 Å². The summed E-state index contributed by atoms with van der Waals surface area (Å²) in [4.78, 5) is 33.0. The molecule has 4 heterocycles. The number of carbonyl (C=O) groups is 2. The van der Waals surface area contributed by atoms with Gasteiger partial charge in [0.15, 0.2) is 0 Å². The van der Waals surface area contributed by atoms with Gasteiger partial charge in [-0.05, 0) is 36.4 Å². The van der Waals surface area contributed by atoms with Gasteiger partial charge in [-0.25, -0.2) is 0 Å². The Balaban J connectivity index is 1.15. The number of nitrogens with one attached hydrogen (secondary N) is 2. The lowest BCUT2D eigenvalue weighted by atomic mass is 10.0. The van der Waals surface area contributed by atoms with Gasteiger partial charge in [-0.15, -0.1) is 0 Å². The Hall–Kier alpha value is -3.39. The van der Waals surface area contributed by atoms with Crippen molar-refractivity contribution >= 4 is 45.4 Å². The van der Waals surface area contributed by atoms with Crippen molar-refractivity contribution in [2.75, 3.05) is 26.2 Å². The zero-order chi connectivity index (χ0) is 21.1. The SMILES string of the molecule is O=C(c1ccc2n[nH]nc2c1)N1CC2CN(C(=O)c3cc4ccc(Cl)cc4[nH]3)CC2C1. The van der Waals surface area contributed by atoms with Crippen LogP contribution in [0, 0.1) is 11.8 Å². The van der Waals surface area contributed by atoms with Crippen LogP contribution in [-0.4, -0.2) is 68.2 Å². The molecular formula is C22H19ClN6O2. The van der Waals surface area contributed by atoms with E-state index >= 15 is 0 Å². The van der Waals surface area contributed by atoms with Gasteiger partial charge in [-0.1, -0.05) is 17.7 Å². The number of benzene rings is 2. The van der Waals surface area contributed by atoms with Crippen LogP contribution in [0.2, 0.25) is 5.02 Å². The highest BCUT2D eigenvalue weighted by Crippen LogP contribution is 2.33. The molecule has 2 aliphatic rings.